The van der Waals surface area contributed by atoms with Crippen LogP contribution >= 0.6 is 0 Å². The van der Waals surface area contributed by atoms with Crippen molar-refractivity contribution >= 4 is 16.8 Å². The minimum absolute atomic E-state index is 0.0580. The summed E-state index contributed by atoms with van der Waals surface area (Å²) in [7, 11) is 0. The fourth-order valence-corrected chi connectivity index (χ4v) is 2.70. The van der Waals surface area contributed by atoms with Crippen molar-refractivity contribution in [3.05, 3.63) is 35.8 Å². The van der Waals surface area contributed by atoms with Crippen molar-refractivity contribution in [3.8, 4) is 0 Å². The number of ketones is 1. The Balaban J connectivity index is 2.14. The highest BCUT2D eigenvalue weighted by atomic mass is 19.1. The second-order valence-electron chi connectivity index (χ2n) is 6.77. The van der Waals surface area contributed by atoms with E-state index in [1.54, 1.807) is 18.2 Å². The molecule has 0 spiro atoms. The van der Waals surface area contributed by atoms with Gasteiger partial charge >= 0.3 is 0 Å². The summed E-state index contributed by atoms with van der Waals surface area (Å²) in [4.78, 5) is 12.2. The summed E-state index contributed by atoms with van der Waals surface area (Å²) in [6.07, 6.45) is 1.39. The molecule has 1 aromatic carbocycles. The molecule has 1 heterocycles. The SMILES string of the molecule is CC(CC(=O)c1cc2cccc(F)c2o1)CC(C)(C)C. The summed E-state index contributed by atoms with van der Waals surface area (Å²) in [5.41, 5.74) is 0.360. The van der Waals surface area contributed by atoms with E-state index in [1.165, 1.54) is 6.07 Å². The van der Waals surface area contributed by atoms with Gasteiger partial charge in [-0.1, -0.05) is 39.8 Å². The predicted molar refractivity (Wildman–Crippen MR) is 78.4 cm³/mol. The number of halogens is 1. The fourth-order valence-electron chi connectivity index (χ4n) is 2.70. The molecule has 0 bridgehead atoms. The maximum atomic E-state index is 13.5. The van der Waals surface area contributed by atoms with Crippen LogP contribution in [0.4, 0.5) is 4.39 Å². The molecule has 0 fully saturated rings. The van der Waals surface area contributed by atoms with E-state index in [0.717, 1.165) is 6.42 Å². The van der Waals surface area contributed by atoms with Crippen LogP contribution in [0, 0.1) is 17.2 Å². The first kappa shape index (κ1) is 14.8. The van der Waals surface area contributed by atoms with Gasteiger partial charge in [-0.05, 0) is 29.9 Å². The maximum absolute atomic E-state index is 13.5. The Kier molecular flexibility index (Phi) is 3.98. The van der Waals surface area contributed by atoms with Gasteiger partial charge < -0.3 is 4.42 Å². The number of para-hydroxylation sites is 1. The van der Waals surface area contributed by atoms with Crippen molar-refractivity contribution in [2.75, 3.05) is 0 Å². The minimum atomic E-state index is -0.427. The van der Waals surface area contributed by atoms with Crippen LogP contribution in [0.2, 0.25) is 0 Å². The zero-order valence-electron chi connectivity index (χ0n) is 12.5. The van der Waals surface area contributed by atoms with E-state index < -0.39 is 5.82 Å². The largest absolute Gasteiger partial charge is 0.450 e. The molecule has 0 aliphatic rings. The number of furan rings is 1. The van der Waals surface area contributed by atoms with Crippen molar-refractivity contribution in [2.24, 2.45) is 11.3 Å². The number of fused-ring (bicyclic) bond motifs is 1. The fraction of sp³-hybridized carbons (Fsp3) is 0.471. The van der Waals surface area contributed by atoms with E-state index in [0.29, 0.717) is 11.8 Å². The molecule has 0 N–H and O–H groups in total. The van der Waals surface area contributed by atoms with E-state index in [4.69, 9.17) is 4.42 Å². The number of hydrogen-bond donors (Lipinski definition) is 0. The number of rotatable bonds is 4. The molecule has 3 heteroatoms. The van der Waals surface area contributed by atoms with Crippen LogP contribution in [-0.4, -0.2) is 5.78 Å². The Labute approximate surface area is 119 Å². The van der Waals surface area contributed by atoms with Crippen LogP contribution in [0.3, 0.4) is 0 Å². The zero-order chi connectivity index (χ0) is 14.9. The van der Waals surface area contributed by atoms with Crippen LogP contribution < -0.4 is 0 Å². The number of benzene rings is 1. The average molecular weight is 276 g/mol. The Hall–Kier alpha value is -1.64. The van der Waals surface area contributed by atoms with Gasteiger partial charge in [0.2, 0.25) is 0 Å². The zero-order valence-corrected chi connectivity index (χ0v) is 12.5. The van der Waals surface area contributed by atoms with Gasteiger partial charge in [-0.15, -0.1) is 0 Å². The molecule has 2 nitrogen and oxygen atoms in total. The first-order valence-corrected chi connectivity index (χ1v) is 6.97. The Bertz CT molecular complexity index is 619. The standard InChI is InChI=1S/C17H21FO2/c1-11(10-17(2,3)4)8-14(19)15-9-12-6-5-7-13(18)16(12)20-15/h5-7,9,11H,8,10H2,1-4H3. The summed E-state index contributed by atoms with van der Waals surface area (Å²) < 4.78 is 18.9. The lowest BCUT2D eigenvalue weighted by Gasteiger charge is -2.22. The Morgan fingerprint density at radius 3 is 2.65 bits per heavy atom. The van der Waals surface area contributed by atoms with Crippen LogP contribution in [-0.2, 0) is 0 Å². The lowest BCUT2D eigenvalue weighted by molar-refractivity contribution is 0.0929. The lowest BCUT2D eigenvalue weighted by atomic mass is 9.83. The summed E-state index contributed by atoms with van der Waals surface area (Å²) >= 11 is 0. The van der Waals surface area contributed by atoms with Crippen molar-refractivity contribution in [1.82, 2.24) is 0 Å². The van der Waals surface area contributed by atoms with Gasteiger partial charge in [-0.2, -0.15) is 0 Å². The Morgan fingerprint density at radius 1 is 1.35 bits per heavy atom. The highest BCUT2D eigenvalue weighted by Gasteiger charge is 2.21. The molecule has 20 heavy (non-hydrogen) atoms. The number of hydrogen-bond acceptors (Lipinski definition) is 2. The van der Waals surface area contributed by atoms with Crippen molar-refractivity contribution in [1.29, 1.82) is 0 Å². The molecule has 0 aliphatic carbocycles. The van der Waals surface area contributed by atoms with Crippen LogP contribution in [0.25, 0.3) is 11.0 Å². The van der Waals surface area contributed by atoms with Crippen LogP contribution in [0.1, 0.15) is 51.1 Å². The molecule has 108 valence electrons. The van der Waals surface area contributed by atoms with Gasteiger partial charge in [0.15, 0.2) is 22.9 Å². The molecule has 1 atom stereocenters. The van der Waals surface area contributed by atoms with Crippen molar-refractivity contribution in [3.63, 3.8) is 0 Å². The molecule has 0 saturated carbocycles. The third kappa shape index (κ3) is 3.47. The number of carbonyl (C=O) groups is 1. The first-order valence-electron chi connectivity index (χ1n) is 6.97. The van der Waals surface area contributed by atoms with Crippen molar-refractivity contribution < 1.29 is 13.6 Å². The second kappa shape index (κ2) is 5.39. The van der Waals surface area contributed by atoms with E-state index in [2.05, 4.69) is 27.7 Å². The topological polar surface area (TPSA) is 30.2 Å². The van der Waals surface area contributed by atoms with Crippen molar-refractivity contribution in [2.45, 2.75) is 40.5 Å². The van der Waals surface area contributed by atoms with E-state index in [-0.39, 0.29) is 28.5 Å². The van der Waals surface area contributed by atoms with Gasteiger partial charge in [0.25, 0.3) is 0 Å². The molecular weight excluding hydrogens is 255 g/mol. The predicted octanol–water partition coefficient (Wildman–Crippen LogP) is 5.22. The quantitative estimate of drug-likeness (QED) is 0.717. The molecule has 0 aliphatic heterocycles. The second-order valence-corrected chi connectivity index (χ2v) is 6.77. The number of carbonyl (C=O) groups excluding carboxylic acids is 1. The van der Waals surface area contributed by atoms with Gasteiger partial charge in [0.05, 0.1) is 0 Å². The lowest BCUT2D eigenvalue weighted by Crippen LogP contribution is -2.14. The maximum Gasteiger partial charge on any atom is 0.198 e. The highest BCUT2D eigenvalue weighted by molar-refractivity contribution is 5.97. The summed E-state index contributed by atoms with van der Waals surface area (Å²) in [6.45, 7) is 8.53. The van der Waals surface area contributed by atoms with Gasteiger partial charge in [0, 0.05) is 11.8 Å². The Morgan fingerprint density at radius 2 is 2.05 bits per heavy atom. The summed E-state index contributed by atoms with van der Waals surface area (Å²) in [5.74, 6) is 0.0491. The molecule has 2 rings (SSSR count). The minimum Gasteiger partial charge on any atom is -0.450 e. The van der Waals surface area contributed by atoms with Gasteiger partial charge in [-0.3, -0.25) is 4.79 Å². The van der Waals surface area contributed by atoms with Gasteiger partial charge in [0.1, 0.15) is 0 Å². The normalized spacial score (nSPS) is 13.7. The average Bonchev–Trinajstić information content (AvgIpc) is 2.71. The third-order valence-electron chi connectivity index (χ3n) is 3.27. The highest BCUT2D eigenvalue weighted by Crippen LogP contribution is 2.28. The molecule has 0 amide bonds. The summed E-state index contributed by atoms with van der Waals surface area (Å²) in [5, 5.41) is 0.636. The first-order chi connectivity index (χ1) is 9.26. The van der Waals surface area contributed by atoms with E-state index >= 15 is 0 Å². The molecule has 1 aromatic heterocycles. The smallest absolute Gasteiger partial charge is 0.198 e. The number of Topliss-reactive ketones (excluding diaryl/α,β-unsaturated/α-hetero) is 1. The van der Waals surface area contributed by atoms with Crippen LogP contribution in [0.15, 0.2) is 28.7 Å². The van der Waals surface area contributed by atoms with Crippen LogP contribution in [0.5, 0.6) is 0 Å². The van der Waals surface area contributed by atoms with E-state index in [9.17, 15) is 9.18 Å². The molecule has 2 aromatic rings. The summed E-state index contributed by atoms with van der Waals surface area (Å²) in [6, 6.07) is 6.33. The third-order valence-corrected chi connectivity index (χ3v) is 3.27. The monoisotopic (exact) mass is 276 g/mol. The van der Waals surface area contributed by atoms with Gasteiger partial charge in [-0.25, -0.2) is 4.39 Å². The molecule has 1 unspecified atom stereocenters. The molecule has 0 saturated heterocycles. The molecule has 0 radical (unpaired) electrons. The van der Waals surface area contributed by atoms with E-state index in [1.807, 2.05) is 0 Å². The molecular formula is C17H21FO2.